The fourth-order valence-electron chi connectivity index (χ4n) is 1.78. The maximum atomic E-state index is 12.0. The number of urea groups is 1. The first-order valence-electron chi connectivity index (χ1n) is 6.17. The summed E-state index contributed by atoms with van der Waals surface area (Å²) >= 11 is 1.57. The first-order valence-corrected chi connectivity index (χ1v) is 7.11. The Morgan fingerprint density at radius 2 is 2.21 bits per heavy atom. The van der Waals surface area contributed by atoms with Crippen LogP contribution in [0.3, 0.4) is 0 Å². The minimum absolute atomic E-state index is 0.371. The third-order valence-corrected chi connectivity index (χ3v) is 3.68. The number of nitrogens with one attached hydrogen (secondary N) is 1. The van der Waals surface area contributed by atoms with E-state index in [1.807, 2.05) is 23.8 Å². The van der Waals surface area contributed by atoms with Crippen molar-refractivity contribution in [1.29, 1.82) is 0 Å². The number of carboxylic acids is 1. The van der Waals surface area contributed by atoms with Gasteiger partial charge in [-0.05, 0) is 35.7 Å². The molecule has 0 bridgehead atoms. The highest BCUT2D eigenvalue weighted by molar-refractivity contribution is 7.07. The van der Waals surface area contributed by atoms with Gasteiger partial charge in [-0.15, -0.1) is 0 Å². The topological polar surface area (TPSA) is 69.6 Å². The van der Waals surface area contributed by atoms with Gasteiger partial charge < -0.3 is 15.3 Å². The van der Waals surface area contributed by atoms with Gasteiger partial charge in [0.1, 0.15) is 5.54 Å². The number of hydrogen-bond donors (Lipinski definition) is 2. The van der Waals surface area contributed by atoms with Crippen LogP contribution in [0.1, 0.15) is 32.3 Å². The molecule has 19 heavy (non-hydrogen) atoms. The van der Waals surface area contributed by atoms with Crippen molar-refractivity contribution in [2.75, 3.05) is 7.05 Å². The predicted octanol–water partition coefficient (Wildman–Crippen LogP) is 2.53. The van der Waals surface area contributed by atoms with Crippen molar-refractivity contribution >= 4 is 23.3 Å². The Hall–Kier alpha value is -1.56. The molecule has 106 valence electrons. The molecule has 1 aromatic rings. The molecule has 0 aliphatic heterocycles. The van der Waals surface area contributed by atoms with Crippen molar-refractivity contribution in [2.24, 2.45) is 0 Å². The third-order valence-electron chi connectivity index (χ3n) is 2.95. The molecule has 6 heteroatoms. The molecule has 1 aromatic heterocycles. The molecular weight excluding hydrogens is 264 g/mol. The Kier molecular flexibility index (Phi) is 5.35. The lowest BCUT2D eigenvalue weighted by molar-refractivity contribution is -0.144. The van der Waals surface area contributed by atoms with Gasteiger partial charge in [-0.3, -0.25) is 0 Å². The van der Waals surface area contributed by atoms with Gasteiger partial charge in [-0.2, -0.15) is 11.3 Å². The summed E-state index contributed by atoms with van der Waals surface area (Å²) in [5.41, 5.74) is -0.176. The molecule has 0 spiro atoms. The van der Waals surface area contributed by atoms with Crippen molar-refractivity contribution in [3.63, 3.8) is 0 Å². The lowest BCUT2D eigenvalue weighted by atomic mass is 9.96. The van der Waals surface area contributed by atoms with Gasteiger partial charge in [0.15, 0.2) is 0 Å². The highest BCUT2D eigenvalue weighted by Crippen LogP contribution is 2.14. The predicted molar refractivity (Wildman–Crippen MR) is 75.3 cm³/mol. The first kappa shape index (κ1) is 15.5. The van der Waals surface area contributed by atoms with Crippen LogP contribution in [0.5, 0.6) is 0 Å². The fraction of sp³-hybridized carbons (Fsp3) is 0.538. The number of amides is 2. The molecule has 0 saturated carbocycles. The molecule has 0 radical (unpaired) electrons. The number of carboxylic acid groups (broad SMARTS) is 1. The standard InChI is InChI=1S/C13H20N2O3S/c1-4-6-13(2,11(16)17)14-12(18)15(3)8-10-5-7-19-9-10/h5,7,9H,4,6,8H2,1-3H3,(H,14,18)(H,16,17). The number of aliphatic carboxylic acids is 1. The van der Waals surface area contributed by atoms with E-state index < -0.39 is 11.5 Å². The van der Waals surface area contributed by atoms with Crippen LogP contribution in [-0.4, -0.2) is 34.6 Å². The highest BCUT2D eigenvalue weighted by Gasteiger charge is 2.34. The molecule has 1 atom stereocenters. The van der Waals surface area contributed by atoms with Crippen LogP contribution >= 0.6 is 11.3 Å². The molecule has 2 amide bonds. The van der Waals surface area contributed by atoms with Crippen molar-refractivity contribution in [1.82, 2.24) is 10.2 Å². The minimum atomic E-state index is -1.21. The summed E-state index contributed by atoms with van der Waals surface area (Å²) in [5.74, 6) is -1.01. The first-order chi connectivity index (χ1) is 8.89. The van der Waals surface area contributed by atoms with Gasteiger partial charge in [0.05, 0.1) is 0 Å². The minimum Gasteiger partial charge on any atom is -0.480 e. The number of nitrogens with zero attached hydrogens (tertiary/aromatic N) is 1. The smallest absolute Gasteiger partial charge is 0.329 e. The molecule has 0 aliphatic rings. The van der Waals surface area contributed by atoms with E-state index in [1.165, 1.54) is 11.8 Å². The normalized spacial score (nSPS) is 13.6. The summed E-state index contributed by atoms with van der Waals surface area (Å²) in [7, 11) is 1.65. The Bertz CT molecular complexity index is 433. The fourth-order valence-corrected chi connectivity index (χ4v) is 2.44. The lowest BCUT2D eigenvalue weighted by Gasteiger charge is -2.28. The molecular formula is C13H20N2O3S. The second kappa shape index (κ2) is 6.56. The van der Waals surface area contributed by atoms with Crippen LogP contribution in [0.2, 0.25) is 0 Å². The lowest BCUT2D eigenvalue weighted by Crippen LogP contribution is -2.55. The van der Waals surface area contributed by atoms with Crippen LogP contribution < -0.4 is 5.32 Å². The number of rotatable bonds is 6. The van der Waals surface area contributed by atoms with E-state index in [0.717, 1.165) is 5.56 Å². The van der Waals surface area contributed by atoms with E-state index in [0.29, 0.717) is 19.4 Å². The zero-order valence-electron chi connectivity index (χ0n) is 11.5. The summed E-state index contributed by atoms with van der Waals surface area (Å²) in [6.07, 6.45) is 1.09. The van der Waals surface area contributed by atoms with E-state index in [2.05, 4.69) is 5.32 Å². The number of thiophene rings is 1. The number of carbonyl (C=O) groups excluding carboxylic acids is 1. The van der Waals surface area contributed by atoms with Crippen molar-refractivity contribution in [2.45, 2.75) is 38.8 Å². The number of carbonyl (C=O) groups is 2. The molecule has 1 heterocycles. The summed E-state index contributed by atoms with van der Waals surface area (Å²) in [5, 5.41) is 15.7. The van der Waals surface area contributed by atoms with Gasteiger partial charge >= 0.3 is 12.0 Å². The summed E-state index contributed by atoms with van der Waals surface area (Å²) in [4.78, 5) is 24.8. The zero-order valence-corrected chi connectivity index (χ0v) is 12.3. The van der Waals surface area contributed by atoms with Gasteiger partial charge in [-0.25, -0.2) is 9.59 Å². The Morgan fingerprint density at radius 3 is 2.68 bits per heavy atom. The van der Waals surface area contributed by atoms with E-state index in [1.54, 1.807) is 18.4 Å². The molecule has 0 saturated heterocycles. The van der Waals surface area contributed by atoms with E-state index in [9.17, 15) is 14.7 Å². The molecule has 2 N–H and O–H groups in total. The van der Waals surface area contributed by atoms with Crippen LogP contribution in [0.15, 0.2) is 16.8 Å². The van der Waals surface area contributed by atoms with Gasteiger partial charge in [-0.1, -0.05) is 13.3 Å². The van der Waals surface area contributed by atoms with E-state index in [-0.39, 0.29) is 6.03 Å². The Morgan fingerprint density at radius 1 is 1.53 bits per heavy atom. The summed E-state index contributed by atoms with van der Waals surface area (Å²) in [6, 6.07) is 1.57. The molecule has 0 fully saturated rings. The maximum Gasteiger partial charge on any atom is 0.329 e. The second-order valence-electron chi connectivity index (χ2n) is 4.81. The number of hydrogen-bond acceptors (Lipinski definition) is 3. The zero-order chi connectivity index (χ0) is 14.5. The van der Waals surface area contributed by atoms with Crippen LogP contribution in [0.4, 0.5) is 4.79 Å². The SMILES string of the molecule is CCCC(C)(NC(=O)N(C)Cc1ccsc1)C(=O)O. The van der Waals surface area contributed by atoms with Crippen LogP contribution in [0, 0.1) is 0 Å². The molecule has 5 nitrogen and oxygen atoms in total. The van der Waals surface area contributed by atoms with E-state index >= 15 is 0 Å². The molecule has 0 aliphatic carbocycles. The molecule has 0 aromatic carbocycles. The second-order valence-corrected chi connectivity index (χ2v) is 5.59. The van der Waals surface area contributed by atoms with Crippen LogP contribution in [0.25, 0.3) is 0 Å². The quantitative estimate of drug-likeness (QED) is 0.843. The van der Waals surface area contributed by atoms with Crippen molar-refractivity contribution in [3.8, 4) is 0 Å². The largest absolute Gasteiger partial charge is 0.480 e. The van der Waals surface area contributed by atoms with Crippen LogP contribution in [-0.2, 0) is 11.3 Å². The Balaban J connectivity index is 2.64. The third kappa shape index (κ3) is 4.24. The molecule has 1 rings (SSSR count). The van der Waals surface area contributed by atoms with Crippen molar-refractivity contribution < 1.29 is 14.7 Å². The Labute approximate surface area is 117 Å². The average Bonchev–Trinajstić information content (AvgIpc) is 2.81. The average molecular weight is 284 g/mol. The van der Waals surface area contributed by atoms with Crippen molar-refractivity contribution in [3.05, 3.63) is 22.4 Å². The molecule has 1 unspecified atom stereocenters. The monoisotopic (exact) mass is 284 g/mol. The van der Waals surface area contributed by atoms with Gasteiger partial charge in [0.25, 0.3) is 0 Å². The maximum absolute atomic E-state index is 12.0. The summed E-state index contributed by atoms with van der Waals surface area (Å²) < 4.78 is 0. The highest BCUT2D eigenvalue weighted by atomic mass is 32.1. The van der Waals surface area contributed by atoms with E-state index in [4.69, 9.17) is 0 Å². The van der Waals surface area contributed by atoms with Gasteiger partial charge in [0, 0.05) is 13.6 Å². The van der Waals surface area contributed by atoms with Gasteiger partial charge in [0.2, 0.25) is 0 Å². The summed E-state index contributed by atoms with van der Waals surface area (Å²) in [6.45, 7) is 3.90.